The van der Waals surface area contributed by atoms with E-state index in [0.29, 0.717) is 6.61 Å². The van der Waals surface area contributed by atoms with Gasteiger partial charge in [-0.15, -0.1) is 0 Å². The van der Waals surface area contributed by atoms with Gasteiger partial charge >= 0.3 is 0 Å². The summed E-state index contributed by atoms with van der Waals surface area (Å²) in [6, 6.07) is 0. The third kappa shape index (κ3) is 4.04. The molecule has 0 aromatic carbocycles. The zero-order chi connectivity index (χ0) is 9.73. The predicted molar refractivity (Wildman–Crippen MR) is 45.5 cm³/mol. The molecular formula is C7H14O5S. The number of rotatable bonds is 5. The molecular weight excluding hydrogens is 196 g/mol. The van der Waals surface area contributed by atoms with Gasteiger partial charge in [0.1, 0.15) is 11.9 Å². The van der Waals surface area contributed by atoms with Gasteiger partial charge < -0.3 is 0 Å². The molecule has 0 bridgehead atoms. The Hall–Kier alpha value is -0.170. The minimum atomic E-state index is -3.34. The average molecular weight is 210 g/mol. The minimum Gasteiger partial charge on any atom is -0.267 e. The van der Waals surface area contributed by atoms with Gasteiger partial charge in [0.15, 0.2) is 0 Å². The molecule has 0 radical (unpaired) electrons. The van der Waals surface area contributed by atoms with Crippen molar-refractivity contribution in [2.24, 2.45) is 0 Å². The summed E-state index contributed by atoms with van der Waals surface area (Å²) in [5, 5.41) is 0. The van der Waals surface area contributed by atoms with E-state index >= 15 is 0 Å². The van der Waals surface area contributed by atoms with Crippen molar-refractivity contribution < 1.29 is 22.4 Å². The topological polar surface area (TPSA) is 61.8 Å². The van der Waals surface area contributed by atoms with Gasteiger partial charge in [0.25, 0.3) is 10.1 Å². The van der Waals surface area contributed by atoms with Gasteiger partial charge in [0, 0.05) is 0 Å². The summed E-state index contributed by atoms with van der Waals surface area (Å²) in [4.78, 5) is 9.64. The van der Waals surface area contributed by atoms with E-state index in [1.54, 1.807) is 0 Å². The Balaban J connectivity index is 2.11. The molecule has 6 heteroatoms. The lowest BCUT2D eigenvalue weighted by atomic mass is 10.4. The van der Waals surface area contributed by atoms with Crippen molar-refractivity contribution in [1.29, 1.82) is 0 Å². The minimum absolute atomic E-state index is 0.0639. The van der Waals surface area contributed by atoms with Crippen LogP contribution in [0.5, 0.6) is 0 Å². The summed E-state index contributed by atoms with van der Waals surface area (Å²) in [6.45, 7) is 2.59. The van der Waals surface area contributed by atoms with Crippen molar-refractivity contribution >= 4 is 10.1 Å². The Bertz CT molecular complexity index is 235. The Labute approximate surface area is 78.0 Å². The molecule has 1 unspecified atom stereocenters. The molecule has 78 valence electrons. The van der Waals surface area contributed by atoms with E-state index in [4.69, 9.17) is 9.78 Å². The monoisotopic (exact) mass is 210 g/mol. The van der Waals surface area contributed by atoms with Crippen LogP contribution in [0.2, 0.25) is 0 Å². The maximum Gasteiger partial charge on any atom is 0.270 e. The lowest BCUT2D eigenvalue weighted by Gasteiger charge is -2.06. The summed E-state index contributed by atoms with van der Waals surface area (Å²) in [5.41, 5.74) is 0. The summed E-state index contributed by atoms with van der Waals surface area (Å²) < 4.78 is 26.0. The smallest absolute Gasteiger partial charge is 0.267 e. The van der Waals surface area contributed by atoms with Gasteiger partial charge in [0.2, 0.25) is 0 Å². The first-order valence-electron chi connectivity index (χ1n) is 4.29. The maximum atomic E-state index is 10.8. The molecule has 0 N–H and O–H groups in total. The molecule has 1 aliphatic rings. The van der Waals surface area contributed by atoms with Gasteiger partial charge in [-0.2, -0.15) is 8.42 Å². The van der Waals surface area contributed by atoms with Crippen LogP contribution in [0.25, 0.3) is 0 Å². The third-order valence-corrected chi connectivity index (χ3v) is 2.88. The first-order chi connectivity index (χ1) is 6.14. The second kappa shape index (κ2) is 4.90. The van der Waals surface area contributed by atoms with Crippen LogP contribution in [0.4, 0.5) is 0 Å². The van der Waals surface area contributed by atoms with E-state index in [1.807, 2.05) is 6.92 Å². The van der Waals surface area contributed by atoms with E-state index in [9.17, 15) is 8.42 Å². The van der Waals surface area contributed by atoms with Gasteiger partial charge in [-0.05, 0) is 6.42 Å². The summed E-state index contributed by atoms with van der Waals surface area (Å²) in [7, 11) is -3.34. The fourth-order valence-electron chi connectivity index (χ4n) is 0.907. The molecule has 1 heterocycles. The average Bonchev–Trinajstić information content (AvgIpc) is 2.40. The number of hydrogen-bond donors (Lipinski definition) is 0. The third-order valence-electron chi connectivity index (χ3n) is 1.61. The van der Waals surface area contributed by atoms with Crippen molar-refractivity contribution in [1.82, 2.24) is 0 Å². The Kier molecular flexibility index (Phi) is 4.11. The molecule has 0 aromatic rings. The zero-order valence-electron chi connectivity index (χ0n) is 7.56. The first-order valence-corrected chi connectivity index (χ1v) is 5.87. The van der Waals surface area contributed by atoms with E-state index in [2.05, 4.69) is 4.18 Å². The molecule has 0 spiro atoms. The highest BCUT2D eigenvalue weighted by atomic mass is 32.2. The molecule has 1 rings (SSSR count). The number of hydrogen-bond acceptors (Lipinski definition) is 5. The molecule has 1 fully saturated rings. The Morgan fingerprint density at radius 3 is 2.85 bits per heavy atom. The highest BCUT2D eigenvalue weighted by Gasteiger charge is 2.30. The molecule has 1 aliphatic heterocycles. The fraction of sp³-hybridized carbons (Fsp3) is 1.00. The summed E-state index contributed by atoms with van der Waals surface area (Å²) >= 11 is 0. The van der Waals surface area contributed by atoms with Crippen molar-refractivity contribution in [3.05, 3.63) is 0 Å². The van der Waals surface area contributed by atoms with Crippen molar-refractivity contribution in [3.63, 3.8) is 0 Å². The second-order valence-corrected chi connectivity index (χ2v) is 4.59. The maximum absolute atomic E-state index is 10.8. The van der Waals surface area contributed by atoms with Crippen molar-refractivity contribution in [2.45, 2.75) is 25.9 Å². The van der Waals surface area contributed by atoms with Gasteiger partial charge in [0.05, 0.1) is 13.2 Å². The van der Waals surface area contributed by atoms with E-state index in [1.165, 1.54) is 0 Å². The van der Waals surface area contributed by atoms with Gasteiger partial charge in [-0.1, -0.05) is 13.3 Å². The molecule has 0 aromatic heterocycles. The largest absolute Gasteiger partial charge is 0.270 e. The van der Waals surface area contributed by atoms with E-state index in [-0.39, 0.29) is 12.4 Å². The lowest BCUT2D eigenvalue weighted by Crippen LogP contribution is -2.17. The van der Waals surface area contributed by atoms with E-state index < -0.39 is 16.2 Å². The van der Waals surface area contributed by atoms with Crippen LogP contribution in [0, 0.1) is 0 Å². The summed E-state index contributed by atoms with van der Waals surface area (Å²) in [6.07, 6.45) is 1.45. The number of unbranched alkanes of at least 4 members (excludes halogenated alkanes) is 1. The van der Waals surface area contributed by atoms with Crippen LogP contribution in [0.1, 0.15) is 19.8 Å². The van der Waals surface area contributed by atoms with Gasteiger partial charge in [-0.25, -0.2) is 9.78 Å². The second-order valence-electron chi connectivity index (χ2n) is 2.90. The van der Waals surface area contributed by atoms with Crippen LogP contribution < -0.4 is 0 Å². The molecule has 0 amide bonds. The standard InChI is InChI=1S/C7H14O5S/c1-2-3-4-10-12-7-5-11-13(8,9)6-7/h7H,2-6H2,1H3. The first kappa shape index (κ1) is 10.9. The lowest BCUT2D eigenvalue weighted by molar-refractivity contribution is -0.320. The van der Waals surface area contributed by atoms with Crippen molar-refractivity contribution in [3.8, 4) is 0 Å². The molecule has 1 atom stereocenters. The quantitative estimate of drug-likeness (QED) is 0.285. The Morgan fingerprint density at radius 1 is 1.54 bits per heavy atom. The van der Waals surface area contributed by atoms with E-state index in [0.717, 1.165) is 12.8 Å². The molecule has 1 saturated heterocycles. The molecule has 13 heavy (non-hydrogen) atoms. The highest BCUT2D eigenvalue weighted by molar-refractivity contribution is 7.87. The highest BCUT2D eigenvalue weighted by Crippen LogP contribution is 2.11. The predicted octanol–water partition coefficient (Wildman–Crippen LogP) is 0.463. The molecule has 0 aliphatic carbocycles. The molecule has 5 nitrogen and oxygen atoms in total. The van der Waals surface area contributed by atoms with Crippen LogP contribution >= 0.6 is 0 Å². The van der Waals surface area contributed by atoms with Gasteiger partial charge in [-0.3, -0.25) is 4.18 Å². The fourth-order valence-corrected chi connectivity index (χ4v) is 1.97. The van der Waals surface area contributed by atoms with Crippen LogP contribution in [0.15, 0.2) is 0 Å². The Morgan fingerprint density at radius 2 is 2.31 bits per heavy atom. The van der Waals surface area contributed by atoms with Crippen LogP contribution in [0.3, 0.4) is 0 Å². The molecule has 0 saturated carbocycles. The van der Waals surface area contributed by atoms with Crippen molar-refractivity contribution in [2.75, 3.05) is 19.0 Å². The van der Waals surface area contributed by atoms with Crippen LogP contribution in [-0.2, 0) is 24.1 Å². The SMILES string of the molecule is CCCCOOC1COS(=O)(=O)C1. The zero-order valence-corrected chi connectivity index (χ0v) is 8.38. The normalized spacial score (nSPS) is 26.4. The summed E-state index contributed by atoms with van der Waals surface area (Å²) in [5.74, 6) is -0.112. The van der Waals surface area contributed by atoms with Crippen LogP contribution in [-0.4, -0.2) is 33.5 Å².